The van der Waals surface area contributed by atoms with E-state index in [2.05, 4.69) is 64.8 Å². The van der Waals surface area contributed by atoms with Crippen LogP contribution in [0.4, 0.5) is 0 Å². The molecule has 0 aliphatic carbocycles. The fraction of sp³-hybridized carbons (Fsp3) is 0.500. The van der Waals surface area contributed by atoms with E-state index in [-0.39, 0.29) is 6.04 Å². The van der Waals surface area contributed by atoms with Gasteiger partial charge in [-0.3, -0.25) is 4.68 Å². The molecule has 2 aromatic heterocycles. The van der Waals surface area contributed by atoms with Gasteiger partial charge < -0.3 is 5.32 Å². The average molecular weight is 342 g/mol. The van der Waals surface area contributed by atoms with Gasteiger partial charge in [-0.2, -0.15) is 5.10 Å². The maximum absolute atomic E-state index is 4.43. The molecule has 0 aliphatic rings. The minimum absolute atomic E-state index is 0.208. The SMILES string of the molecule is CCNC(c1cc(C)c(C)s1)c1c(Br)cnn1CC. The largest absolute Gasteiger partial charge is 0.305 e. The second-order valence-electron chi connectivity index (χ2n) is 4.57. The van der Waals surface area contributed by atoms with Gasteiger partial charge in [0.05, 0.1) is 22.4 Å². The van der Waals surface area contributed by atoms with Crippen LogP contribution in [0.15, 0.2) is 16.7 Å². The number of thiophene rings is 1. The van der Waals surface area contributed by atoms with Crippen molar-refractivity contribution in [1.29, 1.82) is 0 Å². The lowest BCUT2D eigenvalue weighted by molar-refractivity contribution is 0.545. The maximum atomic E-state index is 4.43. The van der Waals surface area contributed by atoms with Crippen LogP contribution in [-0.4, -0.2) is 16.3 Å². The number of hydrogen-bond acceptors (Lipinski definition) is 3. The molecular formula is C14H20BrN3S. The Morgan fingerprint density at radius 3 is 2.68 bits per heavy atom. The third kappa shape index (κ3) is 2.93. The van der Waals surface area contributed by atoms with Gasteiger partial charge in [-0.15, -0.1) is 11.3 Å². The first-order valence-corrected chi connectivity index (χ1v) is 8.20. The fourth-order valence-corrected chi connectivity index (χ4v) is 3.84. The number of halogens is 1. The van der Waals surface area contributed by atoms with Crippen molar-refractivity contribution in [3.63, 3.8) is 0 Å². The lowest BCUT2D eigenvalue weighted by Gasteiger charge is -2.18. The monoisotopic (exact) mass is 341 g/mol. The van der Waals surface area contributed by atoms with Crippen molar-refractivity contribution in [3.8, 4) is 0 Å². The molecule has 1 unspecified atom stereocenters. The van der Waals surface area contributed by atoms with E-state index in [1.807, 2.05) is 17.5 Å². The van der Waals surface area contributed by atoms with Crippen molar-refractivity contribution in [1.82, 2.24) is 15.1 Å². The molecular weight excluding hydrogens is 322 g/mol. The van der Waals surface area contributed by atoms with Gasteiger partial charge in [0, 0.05) is 16.3 Å². The van der Waals surface area contributed by atoms with Gasteiger partial charge in [0.2, 0.25) is 0 Å². The molecule has 0 aromatic carbocycles. The van der Waals surface area contributed by atoms with Crippen LogP contribution < -0.4 is 5.32 Å². The number of rotatable bonds is 5. The Bertz CT molecular complexity index is 540. The summed E-state index contributed by atoms with van der Waals surface area (Å²) in [7, 11) is 0. The second kappa shape index (κ2) is 6.20. The number of aryl methyl sites for hydroxylation is 3. The Morgan fingerprint density at radius 1 is 1.42 bits per heavy atom. The Balaban J connectivity index is 2.47. The predicted molar refractivity (Wildman–Crippen MR) is 84.9 cm³/mol. The van der Waals surface area contributed by atoms with E-state index >= 15 is 0 Å². The normalized spacial score (nSPS) is 12.9. The summed E-state index contributed by atoms with van der Waals surface area (Å²) in [5, 5.41) is 8.00. The van der Waals surface area contributed by atoms with Crippen LogP contribution in [0, 0.1) is 13.8 Å². The summed E-state index contributed by atoms with van der Waals surface area (Å²) < 4.78 is 3.13. The number of nitrogens with zero attached hydrogens (tertiary/aromatic N) is 2. The van der Waals surface area contributed by atoms with Crippen molar-refractivity contribution in [3.05, 3.63) is 37.7 Å². The standard InChI is InChI=1S/C14H20BrN3S/c1-5-16-13(12-7-9(3)10(4)19-12)14-11(15)8-17-18(14)6-2/h7-8,13,16H,5-6H2,1-4H3. The number of nitrogens with one attached hydrogen (secondary N) is 1. The molecule has 2 aromatic rings. The Hall–Kier alpha value is -0.650. The molecule has 2 rings (SSSR count). The molecule has 0 radical (unpaired) electrons. The third-order valence-electron chi connectivity index (χ3n) is 3.28. The van der Waals surface area contributed by atoms with Crippen LogP contribution in [0.25, 0.3) is 0 Å². The highest BCUT2D eigenvalue weighted by molar-refractivity contribution is 9.10. The summed E-state index contributed by atoms with van der Waals surface area (Å²) in [6.45, 7) is 10.4. The zero-order chi connectivity index (χ0) is 14.0. The van der Waals surface area contributed by atoms with E-state index in [1.165, 1.54) is 21.0 Å². The lowest BCUT2D eigenvalue weighted by Crippen LogP contribution is -2.24. The predicted octanol–water partition coefficient (Wildman–Crippen LogP) is 4.04. The van der Waals surface area contributed by atoms with Crippen molar-refractivity contribution in [2.24, 2.45) is 0 Å². The summed E-state index contributed by atoms with van der Waals surface area (Å²) in [6.07, 6.45) is 1.89. The van der Waals surface area contributed by atoms with Gasteiger partial charge in [-0.1, -0.05) is 6.92 Å². The first-order chi connectivity index (χ1) is 9.08. The molecule has 1 N–H and O–H groups in total. The number of hydrogen-bond donors (Lipinski definition) is 1. The molecule has 19 heavy (non-hydrogen) atoms. The van der Waals surface area contributed by atoms with Crippen molar-refractivity contribution in [2.75, 3.05) is 6.54 Å². The molecule has 0 amide bonds. The topological polar surface area (TPSA) is 29.9 Å². The van der Waals surface area contributed by atoms with E-state index in [0.717, 1.165) is 17.6 Å². The Kier molecular flexibility index (Phi) is 4.81. The zero-order valence-corrected chi connectivity index (χ0v) is 14.2. The van der Waals surface area contributed by atoms with E-state index in [1.54, 1.807) is 0 Å². The van der Waals surface area contributed by atoms with Crippen LogP contribution in [-0.2, 0) is 6.54 Å². The molecule has 0 saturated carbocycles. The second-order valence-corrected chi connectivity index (χ2v) is 6.71. The Labute approximate surface area is 127 Å². The molecule has 1 atom stereocenters. The summed E-state index contributed by atoms with van der Waals surface area (Å²) in [5.74, 6) is 0. The van der Waals surface area contributed by atoms with E-state index in [9.17, 15) is 0 Å². The zero-order valence-electron chi connectivity index (χ0n) is 11.8. The summed E-state index contributed by atoms with van der Waals surface area (Å²) in [5.41, 5.74) is 2.58. The highest BCUT2D eigenvalue weighted by atomic mass is 79.9. The van der Waals surface area contributed by atoms with Gasteiger partial charge in [0.25, 0.3) is 0 Å². The van der Waals surface area contributed by atoms with E-state index in [0.29, 0.717) is 0 Å². The molecule has 2 heterocycles. The van der Waals surface area contributed by atoms with Crippen LogP contribution in [0.5, 0.6) is 0 Å². The molecule has 3 nitrogen and oxygen atoms in total. The van der Waals surface area contributed by atoms with Crippen LogP contribution >= 0.6 is 27.3 Å². The third-order valence-corrected chi connectivity index (χ3v) is 5.11. The summed E-state index contributed by atoms with van der Waals surface area (Å²) in [6, 6.07) is 2.49. The van der Waals surface area contributed by atoms with Gasteiger partial charge in [-0.05, 0) is 54.9 Å². The summed E-state index contributed by atoms with van der Waals surface area (Å²) >= 11 is 5.50. The molecule has 104 valence electrons. The van der Waals surface area contributed by atoms with Crippen LogP contribution in [0.1, 0.15) is 40.9 Å². The summed E-state index contributed by atoms with van der Waals surface area (Å²) in [4.78, 5) is 2.74. The first kappa shape index (κ1) is 14.8. The van der Waals surface area contributed by atoms with Gasteiger partial charge in [0.1, 0.15) is 0 Å². The first-order valence-electron chi connectivity index (χ1n) is 6.60. The smallest absolute Gasteiger partial charge is 0.0853 e. The molecule has 0 saturated heterocycles. The minimum Gasteiger partial charge on any atom is -0.305 e. The lowest BCUT2D eigenvalue weighted by atomic mass is 10.1. The van der Waals surface area contributed by atoms with Crippen LogP contribution in [0.2, 0.25) is 0 Å². The quantitative estimate of drug-likeness (QED) is 0.889. The molecule has 5 heteroatoms. The highest BCUT2D eigenvalue weighted by Gasteiger charge is 2.22. The highest BCUT2D eigenvalue weighted by Crippen LogP contribution is 2.34. The Morgan fingerprint density at radius 2 is 2.16 bits per heavy atom. The van der Waals surface area contributed by atoms with E-state index in [4.69, 9.17) is 0 Å². The van der Waals surface area contributed by atoms with Crippen molar-refractivity contribution in [2.45, 2.75) is 40.3 Å². The van der Waals surface area contributed by atoms with Crippen molar-refractivity contribution >= 4 is 27.3 Å². The molecule has 0 fully saturated rings. The van der Waals surface area contributed by atoms with Crippen molar-refractivity contribution < 1.29 is 0 Å². The fourth-order valence-electron chi connectivity index (χ4n) is 2.19. The molecule has 0 bridgehead atoms. The van der Waals surface area contributed by atoms with Gasteiger partial charge in [0.15, 0.2) is 0 Å². The maximum Gasteiger partial charge on any atom is 0.0853 e. The van der Waals surface area contributed by atoms with E-state index < -0.39 is 0 Å². The molecule has 0 spiro atoms. The number of aromatic nitrogens is 2. The molecule has 0 aliphatic heterocycles. The average Bonchev–Trinajstić information content (AvgIpc) is 2.91. The van der Waals surface area contributed by atoms with Gasteiger partial charge in [-0.25, -0.2) is 0 Å². The minimum atomic E-state index is 0.208. The van der Waals surface area contributed by atoms with Gasteiger partial charge >= 0.3 is 0 Å². The van der Waals surface area contributed by atoms with Crippen LogP contribution in [0.3, 0.4) is 0 Å².